The largest absolute Gasteiger partial charge is 0.366 e. The summed E-state index contributed by atoms with van der Waals surface area (Å²) in [4.78, 5) is 29.8. The highest BCUT2D eigenvalue weighted by molar-refractivity contribution is 7.10. The van der Waals surface area contributed by atoms with Gasteiger partial charge in [-0.25, -0.2) is 0 Å². The lowest BCUT2D eigenvalue weighted by molar-refractivity contribution is 0.0495. The monoisotopic (exact) mass is 384 g/mol. The van der Waals surface area contributed by atoms with Gasteiger partial charge in [0.1, 0.15) is 0 Å². The Kier molecular flexibility index (Phi) is 5.24. The minimum atomic E-state index is -0.386. The van der Waals surface area contributed by atoms with Gasteiger partial charge in [0, 0.05) is 60.6 Å². The summed E-state index contributed by atoms with van der Waals surface area (Å²) in [5, 5.41) is 5.28. The molecule has 2 amide bonds. The Morgan fingerprint density at radius 1 is 1.19 bits per heavy atom. The second kappa shape index (κ2) is 7.80. The lowest BCUT2D eigenvalue weighted by atomic mass is 10.1. The van der Waals surface area contributed by atoms with Crippen molar-refractivity contribution in [1.29, 1.82) is 0 Å². The van der Waals surface area contributed by atoms with Crippen LogP contribution in [0.2, 0.25) is 0 Å². The minimum Gasteiger partial charge on any atom is -0.366 e. The summed E-state index contributed by atoms with van der Waals surface area (Å²) in [6.07, 6.45) is 1.04. The number of piperazine rings is 1. The van der Waals surface area contributed by atoms with Gasteiger partial charge >= 0.3 is 0 Å². The lowest BCUT2D eigenvalue weighted by Gasteiger charge is -2.40. The fourth-order valence-electron chi connectivity index (χ4n) is 4.00. The molecule has 0 radical (unpaired) electrons. The van der Waals surface area contributed by atoms with E-state index in [1.807, 2.05) is 36.4 Å². The molecular weight excluding hydrogens is 360 g/mol. The van der Waals surface area contributed by atoms with E-state index in [2.05, 4.69) is 15.1 Å². The van der Waals surface area contributed by atoms with E-state index < -0.39 is 0 Å². The first-order valence-corrected chi connectivity index (χ1v) is 10.2. The van der Waals surface area contributed by atoms with Gasteiger partial charge in [0.05, 0.1) is 5.56 Å². The third-order valence-corrected chi connectivity index (χ3v) is 6.40. The first-order valence-electron chi connectivity index (χ1n) is 9.30. The zero-order valence-corrected chi connectivity index (χ0v) is 16.0. The number of benzene rings is 1. The van der Waals surface area contributed by atoms with E-state index in [0.717, 1.165) is 43.0 Å². The average Bonchev–Trinajstić information content (AvgIpc) is 3.32. The van der Waals surface area contributed by atoms with Gasteiger partial charge in [-0.3, -0.25) is 14.5 Å². The van der Waals surface area contributed by atoms with Crippen molar-refractivity contribution in [3.8, 4) is 0 Å². The summed E-state index contributed by atoms with van der Waals surface area (Å²) in [5.74, 6) is -0.250. The van der Waals surface area contributed by atoms with Crippen molar-refractivity contribution >= 4 is 23.2 Å². The molecule has 2 aliphatic rings. The molecule has 142 valence electrons. The zero-order valence-electron chi connectivity index (χ0n) is 15.1. The Balaban J connectivity index is 1.36. The summed E-state index contributed by atoms with van der Waals surface area (Å²) in [6.45, 7) is 4.27. The molecule has 2 bridgehead atoms. The van der Waals surface area contributed by atoms with Crippen LogP contribution in [-0.4, -0.2) is 59.9 Å². The van der Waals surface area contributed by atoms with Crippen molar-refractivity contribution in [2.45, 2.75) is 25.0 Å². The summed E-state index contributed by atoms with van der Waals surface area (Å²) < 4.78 is 0. The smallest absolute Gasteiger partial charge is 0.254 e. The molecule has 2 fully saturated rings. The fraction of sp³-hybridized carbons (Fsp3) is 0.400. The van der Waals surface area contributed by atoms with Crippen LogP contribution in [0.1, 0.15) is 32.0 Å². The summed E-state index contributed by atoms with van der Waals surface area (Å²) in [5.41, 5.74) is 6.64. The number of carbonyl (C=O) groups excluding carboxylic acids is 2. The molecule has 4 rings (SSSR count). The van der Waals surface area contributed by atoms with Crippen LogP contribution in [0, 0.1) is 0 Å². The average molecular weight is 385 g/mol. The molecule has 3 unspecified atom stereocenters. The second-order valence-electron chi connectivity index (χ2n) is 7.21. The molecule has 27 heavy (non-hydrogen) atoms. The van der Waals surface area contributed by atoms with Crippen LogP contribution >= 0.6 is 11.3 Å². The molecule has 0 spiro atoms. The molecule has 2 aliphatic heterocycles. The highest BCUT2D eigenvalue weighted by Gasteiger charge is 2.40. The second-order valence-corrected chi connectivity index (χ2v) is 8.21. The predicted molar refractivity (Wildman–Crippen MR) is 106 cm³/mol. The van der Waals surface area contributed by atoms with Crippen molar-refractivity contribution in [3.63, 3.8) is 0 Å². The molecule has 7 heteroatoms. The summed E-state index contributed by atoms with van der Waals surface area (Å²) in [6, 6.07) is 12.0. The Morgan fingerprint density at radius 3 is 2.74 bits per heavy atom. The molecule has 0 saturated carbocycles. The van der Waals surface area contributed by atoms with Gasteiger partial charge in [-0.05, 0) is 24.6 Å². The zero-order chi connectivity index (χ0) is 18.8. The molecule has 1 aromatic carbocycles. The quantitative estimate of drug-likeness (QED) is 0.792. The minimum absolute atomic E-state index is 0.136. The van der Waals surface area contributed by atoms with E-state index in [4.69, 9.17) is 5.73 Å². The van der Waals surface area contributed by atoms with Crippen LogP contribution in [0.15, 0.2) is 41.8 Å². The van der Waals surface area contributed by atoms with E-state index in [-0.39, 0.29) is 11.8 Å². The SMILES string of the molecule is NC(=O)c1csc(CNCC2CN(C(=O)c3ccccc3)C3CCN2C3)c1. The van der Waals surface area contributed by atoms with Crippen LogP contribution in [0.25, 0.3) is 0 Å². The highest BCUT2D eigenvalue weighted by atomic mass is 32.1. The first kappa shape index (κ1) is 18.2. The molecule has 0 aliphatic carbocycles. The third-order valence-electron chi connectivity index (χ3n) is 5.46. The molecule has 2 saturated heterocycles. The molecule has 3 heterocycles. The normalized spacial score (nSPS) is 24.1. The van der Waals surface area contributed by atoms with Crippen LogP contribution in [0.4, 0.5) is 0 Å². The van der Waals surface area contributed by atoms with Gasteiger partial charge in [-0.1, -0.05) is 18.2 Å². The molecule has 3 N–H and O–H groups in total. The summed E-state index contributed by atoms with van der Waals surface area (Å²) >= 11 is 1.54. The first-order chi connectivity index (χ1) is 13.1. The van der Waals surface area contributed by atoms with Gasteiger partial charge in [-0.2, -0.15) is 0 Å². The Hall–Kier alpha value is -2.22. The Labute approximate surface area is 162 Å². The van der Waals surface area contributed by atoms with Crippen molar-refractivity contribution < 1.29 is 9.59 Å². The molecule has 2 aromatic rings. The standard InChI is InChI=1S/C20H24N4O2S/c21-19(25)15-8-18(27-13-15)10-22-9-17-12-24(16-6-7-23(17)11-16)20(26)14-4-2-1-3-5-14/h1-5,8,13,16-17,22H,6-7,9-12H2,(H2,21,25). The number of amides is 2. The van der Waals surface area contributed by atoms with Crippen molar-refractivity contribution in [2.75, 3.05) is 26.2 Å². The topological polar surface area (TPSA) is 78.7 Å². The molecule has 6 nitrogen and oxygen atoms in total. The fourth-order valence-corrected chi connectivity index (χ4v) is 4.84. The van der Waals surface area contributed by atoms with E-state index >= 15 is 0 Å². The molecule has 1 aromatic heterocycles. The van der Waals surface area contributed by atoms with E-state index in [1.165, 1.54) is 0 Å². The van der Waals surface area contributed by atoms with E-state index in [9.17, 15) is 9.59 Å². The number of nitrogens with two attached hydrogens (primary N) is 1. The van der Waals surface area contributed by atoms with Crippen LogP contribution in [0.3, 0.4) is 0 Å². The van der Waals surface area contributed by atoms with Gasteiger partial charge in [0.25, 0.3) is 5.91 Å². The van der Waals surface area contributed by atoms with Crippen LogP contribution in [0.5, 0.6) is 0 Å². The number of hydrogen-bond acceptors (Lipinski definition) is 5. The van der Waals surface area contributed by atoms with Crippen LogP contribution in [-0.2, 0) is 6.54 Å². The van der Waals surface area contributed by atoms with Gasteiger partial charge in [-0.15, -0.1) is 11.3 Å². The maximum atomic E-state index is 12.9. The lowest BCUT2D eigenvalue weighted by Crippen LogP contribution is -2.57. The highest BCUT2D eigenvalue weighted by Crippen LogP contribution is 2.26. The number of nitrogens with zero attached hydrogens (tertiary/aromatic N) is 2. The number of rotatable bonds is 6. The molecule has 3 atom stereocenters. The van der Waals surface area contributed by atoms with E-state index in [0.29, 0.717) is 24.2 Å². The number of fused-ring (bicyclic) bond motifs is 2. The van der Waals surface area contributed by atoms with Crippen molar-refractivity contribution in [2.24, 2.45) is 5.73 Å². The number of carbonyl (C=O) groups is 2. The molecular formula is C20H24N4O2S. The van der Waals surface area contributed by atoms with Crippen molar-refractivity contribution in [3.05, 3.63) is 57.8 Å². The number of hydrogen-bond donors (Lipinski definition) is 2. The Morgan fingerprint density at radius 2 is 2.00 bits per heavy atom. The van der Waals surface area contributed by atoms with Gasteiger partial charge in [0.15, 0.2) is 0 Å². The summed E-state index contributed by atoms with van der Waals surface area (Å²) in [7, 11) is 0. The Bertz CT molecular complexity index is 822. The maximum absolute atomic E-state index is 12.9. The van der Waals surface area contributed by atoms with Gasteiger partial charge in [0.2, 0.25) is 5.91 Å². The van der Waals surface area contributed by atoms with Crippen molar-refractivity contribution in [1.82, 2.24) is 15.1 Å². The van der Waals surface area contributed by atoms with Gasteiger partial charge < -0.3 is 16.0 Å². The van der Waals surface area contributed by atoms with Crippen LogP contribution < -0.4 is 11.1 Å². The van der Waals surface area contributed by atoms with E-state index in [1.54, 1.807) is 16.7 Å². The number of thiophene rings is 1. The third kappa shape index (κ3) is 3.90. The maximum Gasteiger partial charge on any atom is 0.254 e. The number of primary amides is 1. The number of nitrogens with one attached hydrogen (secondary N) is 1. The predicted octanol–water partition coefficient (Wildman–Crippen LogP) is 1.54.